The fourth-order valence-corrected chi connectivity index (χ4v) is 2.60. The SMILES string of the molecule is COC1(N2C(=O)C=CC2=O)C=CC(N2C(=O)C=CC2=O)=CC1. The van der Waals surface area contributed by atoms with E-state index in [4.69, 9.17) is 4.74 Å². The molecule has 0 saturated carbocycles. The molecule has 0 N–H and O–H groups in total. The molecule has 2 heterocycles. The second-order valence-corrected chi connectivity index (χ2v) is 4.91. The van der Waals surface area contributed by atoms with E-state index in [1.54, 1.807) is 6.08 Å². The van der Waals surface area contributed by atoms with Crippen LogP contribution in [0.2, 0.25) is 0 Å². The Morgan fingerprint density at radius 1 is 0.909 bits per heavy atom. The summed E-state index contributed by atoms with van der Waals surface area (Å²) in [6, 6.07) is 0. The summed E-state index contributed by atoms with van der Waals surface area (Å²) >= 11 is 0. The highest BCUT2D eigenvalue weighted by atomic mass is 16.5. The fourth-order valence-electron chi connectivity index (χ4n) is 2.60. The number of carbonyl (C=O) groups is 4. The monoisotopic (exact) mass is 300 g/mol. The van der Waals surface area contributed by atoms with Gasteiger partial charge >= 0.3 is 0 Å². The lowest BCUT2D eigenvalue weighted by molar-refractivity contribution is -0.161. The highest BCUT2D eigenvalue weighted by Gasteiger charge is 2.44. The Hall–Kier alpha value is -2.80. The second-order valence-electron chi connectivity index (χ2n) is 4.91. The molecule has 2 aliphatic heterocycles. The van der Waals surface area contributed by atoms with Crippen LogP contribution < -0.4 is 0 Å². The molecule has 4 amide bonds. The first-order valence-corrected chi connectivity index (χ1v) is 6.55. The Morgan fingerprint density at radius 2 is 1.45 bits per heavy atom. The van der Waals surface area contributed by atoms with E-state index in [0.29, 0.717) is 5.70 Å². The molecule has 7 nitrogen and oxygen atoms in total. The first kappa shape index (κ1) is 14.2. The third kappa shape index (κ3) is 1.94. The van der Waals surface area contributed by atoms with Crippen LogP contribution in [-0.2, 0) is 23.9 Å². The standard InChI is InChI=1S/C15H12N2O5/c1-22-15(17-13(20)4-5-14(17)21)8-6-10(7-9-15)16-11(18)2-3-12(16)19/h2-8H,9H2,1H3. The highest BCUT2D eigenvalue weighted by molar-refractivity contribution is 6.15. The Kier molecular flexibility index (Phi) is 3.14. The lowest BCUT2D eigenvalue weighted by atomic mass is 10.00. The zero-order chi connectivity index (χ0) is 15.9. The van der Waals surface area contributed by atoms with Gasteiger partial charge in [0.05, 0.1) is 0 Å². The predicted molar refractivity (Wildman–Crippen MR) is 73.6 cm³/mol. The van der Waals surface area contributed by atoms with Crippen molar-refractivity contribution in [3.63, 3.8) is 0 Å². The number of ether oxygens (including phenoxy) is 1. The van der Waals surface area contributed by atoms with Gasteiger partial charge < -0.3 is 4.74 Å². The van der Waals surface area contributed by atoms with Gasteiger partial charge in [0.15, 0.2) is 5.72 Å². The van der Waals surface area contributed by atoms with E-state index >= 15 is 0 Å². The predicted octanol–water partition coefficient (Wildman–Crippen LogP) is 0.0229. The number of hydrogen-bond acceptors (Lipinski definition) is 5. The van der Waals surface area contributed by atoms with Crippen LogP contribution >= 0.6 is 0 Å². The van der Waals surface area contributed by atoms with Crippen LogP contribution in [0.5, 0.6) is 0 Å². The van der Waals surface area contributed by atoms with E-state index in [0.717, 1.165) is 9.80 Å². The topological polar surface area (TPSA) is 84.0 Å². The average Bonchev–Trinajstić information content (AvgIpc) is 3.02. The first-order valence-electron chi connectivity index (χ1n) is 6.55. The maximum Gasteiger partial charge on any atom is 0.258 e. The summed E-state index contributed by atoms with van der Waals surface area (Å²) in [5, 5.41) is 0. The molecule has 0 saturated heterocycles. The molecule has 1 aliphatic carbocycles. The minimum atomic E-state index is -1.25. The molecule has 1 unspecified atom stereocenters. The van der Waals surface area contributed by atoms with Crippen LogP contribution in [0.1, 0.15) is 6.42 Å². The Morgan fingerprint density at radius 3 is 1.91 bits per heavy atom. The molecule has 0 radical (unpaired) electrons. The van der Waals surface area contributed by atoms with Gasteiger partial charge in [0.1, 0.15) is 0 Å². The maximum absolute atomic E-state index is 11.8. The van der Waals surface area contributed by atoms with Crippen molar-refractivity contribution in [1.29, 1.82) is 0 Å². The van der Waals surface area contributed by atoms with Gasteiger partial charge in [-0.15, -0.1) is 0 Å². The van der Waals surface area contributed by atoms with Crippen molar-refractivity contribution < 1.29 is 23.9 Å². The normalized spacial score (nSPS) is 27.4. The van der Waals surface area contributed by atoms with Gasteiger partial charge in [-0.05, 0) is 12.2 Å². The van der Waals surface area contributed by atoms with Gasteiger partial charge in [0.2, 0.25) is 0 Å². The van der Waals surface area contributed by atoms with E-state index in [1.807, 2.05) is 0 Å². The number of rotatable bonds is 3. The number of nitrogens with zero attached hydrogens (tertiary/aromatic N) is 2. The zero-order valence-electron chi connectivity index (χ0n) is 11.7. The van der Waals surface area contributed by atoms with Crippen LogP contribution in [0.15, 0.2) is 48.2 Å². The number of allylic oxidation sites excluding steroid dienone is 1. The third-order valence-electron chi connectivity index (χ3n) is 3.73. The minimum Gasteiger partial charge on any atom is -0.354 e. The largest absolute Gasteiger partial charge is 0.354 e. The van der Waals surface area contributed by atoms with E-state index in [1.165, 1.54) is 43.6 Å². The second kappa shape index (κ2) is 4.88. The lowest BCUT2D eigenvalue weighted by Gasteiger charge is -2.38. The van der Waals surface area contributed by atoms with Crippen molar-refractivity contribution in [2.45, 2.75) is 12.1 Å². The van der Waals surface area contributed by atoms with Crippen LogP contribution in [0.4, 0.5) is 0 Å². The molecule has 3 aliphatic rings. The Balaban J connectivity index is 1.87. The molecular weight excluding hydrogens is 288 g/mol. The van der Waals surface area contributed by atoms with Crippen molar-refractivity contribution in [3.8, 4) is 0 Å². The third-order valence-corrected chi connectivity index (χ3v) is 3.73. The van der Waals surface area contributed by atoms with Gasteiger partial charge in [0, 0.05) is 43.5 Å². The van der Waals surface area contributed by atoms with Gasteiger partial charge in [0.25, 0.3) is 23.6 Å². The summed E-state index contributed by atoms with van der Waals surface area (Å²) in [5.74, 6) is -1.80. The van der Waals surface area contributed by atoms with Crippen molar-refractivity contribution in [2.75, 3.05) is 7.11 Å². The Labute approximate surface area is 125 Å². The molecule has 0 spiro atoms. The molecule has 7 heteroatoms. The van der Waals surface area contributed by atoms with E-state index in [9.17, 15) is 19.2 Å². The highest BCUT2D eigenvalue weighted by Crippen LogP contribution is 2.32. The quantitative estimate of drug-likeness (QED) is 0.686. The number of imide groups is 2. The van der Waals surface area contributed by atoms with Crippen LogP contribution in [0, 0.1) is 0 Å². The van der Waals surface area contributed by atoms with Crippen molar-refractivity contribution in [1.82, 2.24) is 9.80 Å². The minimum absolute atomic E-state index is 0.144. The summed E-state index contributed by atoms with van der Waals surface area (Å²) < 4.78 is 5.38. The van der Waals surface area contributed by atoms with Crippen molar-refractivity contribution in [2.24, 2.45) is 0 Å². The number of carbonyl (C=O) groups excluding carboxylic acids is 4. The smallest absolute Gasteiger partial charge is 0.258 e. The Bertz CT molecular complexity index is 679. The lowest BCUT2D eigenvalue weighted by Crippen LogP contribution is -2.52. The molecule has 112 valence electrons. The first-order chi connectivity index (χ1) is 10.5. The zero-order valence-corrected chi connectivity index (χ0v) is 11.7. The molecule has 22 heavy (non-hydrogen) atoms. The van der Waals surface area contributed by atoms with Crippen LogP contribution in [0.3, 0.4) is 0 Å². The van der Waals surface area contributed by atoms with Crippen molar-refractivity contribution in [3.05, 3.63) is 48.2 Å². The van der Waals surface area contributed by atoms with Gasteiger partial charge in [-0.1, -0.05) is 6.08 Å². The van der Waals surface area contributed by atoms with Crippen molar-refractivity contribution >= 4 is 23.6 Å². The molecule has 0 aromatic heterocycles. The van der Waals surface area contributed by atoms with Gasteiger partial charge in [-0.3, -0.25) is 19.2 Å². The molecule has 0 fully saturated rings. The molecule has 3 rings (SSSR count). The van der Waals surface area contributed by atoms with Gasteiger partial charge in [-0.25, -0.2) is 9.80 Å². The van der Waals surface area contributed by atoms with E-state index in [2.05, 4.69) is 0 Å². The van der Waals surface area contributed by atoms with Gasteiger partial charge in [-0.2, -0.15) is 0 Å². The van der Waals surface area contributed by atoms with Crippen LogP contribution in [-0.4, -0.2) is 46.3 Å². The van der Waals surface area contributed by atoms with E-state index in [-0.39, 0.29) is 6.42 Å². The summed E-state index contributed by atoms with van der Waals surface area (Å²) in [4.78, 5) is 49.0. The molecular formula is C15H12N2O5. The molecule has 1 atom stereocenters. The molecule has 0 aromatic rings. The molecule has 0 bridgehead atoms. The summed E-state index contributed by atoms with van der Waals surface area (Å²) in [5.41, 5.74) is -0.861. The summed E-state index contributed by atoms with van der Waals surface area (Å²) in [7, 11) is 1.38. The summed E-state index contributed by atoms with van der Waals surface area (Å²) in [6.07, 6.45) is 9.45. The maximum atomic E-state index is 11.8. The number of hydrogen-bond donors (Lipinski definition) is 0. The number of amides is 4. The molecule has 0 aromatic carbocycles. The van der Waals surface area contributed by atoms with Crippen LogP contribution in [0.25, 0.3) is 0 Å². The van der Waals surface area contributed by atoms with E-state index < -0.39 is 29.4 Å². The summed E-state index contributed by atoms with van der Waals surface area (Å²) in [6.45, 7) is 0. The number of methoxy groups -OCH3 is 1. The average molecular weight is 300 g/mol. The fraction of sp³-hybridized carbons (Fsp3) is 0.200.